The van der Waals surface area contributed by atoms with E-state index >= 15 is 0 Å². The zero-order chi connectivity index (χ0) is 23.0. The van der Waals surface area contributed by atoms with Gasteiger partial charge in [0.1, 0.15) is 11.9 Å². The van der Waals surface area contributed by atoms with Crippen LogP contribution in [0.1, 0.15) is 48.4 Å². The number of fused-ring (bicyclic) bond motifs is 1. The zero-order valence-corrected chi connectivity index (χ0v) is 18.5. The molecule has 0 radical (unpaired) electrons. The van der Waals surface area contributed by atoms with Crippen molar-refractivity contribution in [1.29, 1.82) is 0 Å². The summed E-state index contributed by atoms with van der Waals surface area (Å²) in [5.74, 6) is -0.111. The normalized spacial score (nSPS) is 19.0. The Kier molecular flexibility index (Phi) is 5.65. The number of nitrogens with zero attached hydrogens (tertiary/aromatic N) is 3. The van der Waals surface area contributed by atoms with Gasteiger partial charge in [-0.1, -0.05) is 36.4 Å². The lowest BCUT2D eigenvalue weighted by molar-refractivity contribution is -0.136. The van der Waals surface area contributed by atoms with Gasteiger partial charge in [-0.3, -0.25) is 19.7 Å². The molecule has 3 heterocycles. The number of nitrogens with one attached hydrogen (secondary N) is 1. The standard InChI is InChI=1S/C25H26N4O3/c1-5-15(2)6-7-16(3)23-26-20(14-28(23)4)17-8-9-19-18(12-17)13-29(25(19)32)21-10-11-22(30)27-24(21)31/h5-9,12,14,21H,3,10-11,13H2,1-2,4H3,(H,27,30,31)/b7-6-,15-5-. The molecule has 0 aliphatic carbocycles. The van der Waals surface area contributed by atoms with E-state index in [2.05, 4.69) is 11.9 Å². The van der Waals surface area contributed by atoms with Crippen LogP contribution in [0.25, 0.3) is 16.8 Å². The van der Waals surface area contributed by atoms with Crippen LogP contribution in [-0.4, -0.2) is 38.2 Å². The van der Waals surface area contributed by atoms with E-state index in [0.717, 1.165) is 33.8 Å². The highest BCUT2D eigenvalue weighted by Crippen LogP contribution is 2.31. The number of rotatable bonds is 5. The van der Waals surface area contributed by atoms with Gasteiger partial charge in [-0.15, -0.1) is 0 Å². The number of imidazole rings is 1. The van der Waals surface area contributed by atoms with Crippen molar-refractivity contribution in [3.8, 4) is 11.3 Å². The number of amides is 3. The van der Waals surface area contributed by atoms with Crippen LogP contribution in [-0.2, 0) is 23.2 Å². The fourth-order valence-corrected chi connectivity index (χ4v) is 4.04. The minimum absolute atomic E-state index is 0.180. The van der Waals surface area contributed by atoms with Crippen molar-refractivity contribution in [3.05, 3.63) is 71.7 Å². The molecule has 2 aliphatic heterocycles. The lowest BCUT2D eigenvalue weighted by atomic mass is 10.0. The van der Waals surface area contributed by atoms with Crippen LogP contribution < -0.4 is 5.32 Å². The van der Waals surface area contributed by atoms with Crippen LogP contribution in [0.4, 0.5) is 0 Å². The molecule has 7 nitrogen and oxygen atoms in total. The number of carbonyl (C=O) groups excluding carboxylic acids is 3. The summed E-state index contributed by atoms with van der Waals surface area (Å²) in [5.41, 5.74) is 5.07. The first-order valence-electron chi connectivity index (χ1n) is 10.6. The molecule has 1 atom stereocenters. The maximum Gasteiger partial charge on any atom is 0.255 e. The van der Waals surface area contributed by atoms with E-state index in [0.29, 0.717) is 18.5 Å². The van der Waals surface area contributed by atoms with Gasteiger partial charge >= 0.3 is 0 Å². The summed E-state index contributed by atoms with van der Waals surface area (Å²) in [5, 5.41) is 2.33. The Bertz CT molecular complexity index is 1200. The Balaban J connectivity index is 1.57. The minimum atomic E-state index is -0.617. The molecule has 0 spiro atoms. The highest BCUT2D eigenvalue weighted by molar-refractivity contribution is 6.05. The summed E-state index contributed by atoms with van der Waals surface area (Å²) in [6.07, 6.45) is 8.50. The second kappa shape index (κ2) is 8.42. The molecule has 1 saturated heterocycles. The number of allylic oxidation sites excluding steroid dienone is 5. The fraction of sp³-hybridized carbons (Fsp3) is 0.280. The lowest BCUT2D eigenvalue weighted by Gasteiger charge is -2.29. The Morgan fingerprint density at radius 3 is 2.75 bits per heavy atom. The average molecular weight is 431 g/mol. The molecule has 2 aliphatic rings. The summed E-state index contributed by atoms with van der Waals surface area (Å²) < 4.78 is 1.93. The van der Waals surface area contributed by atoms with E-state index in [1.165, 1.54) is 0 Å². The van der Waals surface area contributed by atoms with Crippen molar-refractivity contribution >= 4 is 23.3 Å². The summed E-state index contributed by atoms with van der Waals surface area (Å²) in [6.45, 7) is 8.48. The third kappa shape index (κ3) is 3.93. The van der Waals surface area contributed by atoms with Gasteiger partial charge in [0.25, 0.3) is 5.91 Å². The van der Waals surface area contributed by atoms with Crippen LogP contribution in [0.2, 0.25) is 0 Å². The first kappa shape index (κ1) is 21.5. The van der Waals surface area contributed by atoms with Crippen molar-refractivity contribution in [3.63, 3.8) is 0 Å². The Hall–Kier alpha value is -3.74. The molecule has 4 rings (SSSR count). The number of aryl methyl sites for hydroxylation is 1. The van der Waals surface area contributed by atoms with Crippen LogP contribution >= 0.6 is 0 Å². The molecular formula is C25H26N4O3. The molecule has 1 fully saturated rings. The van der Waals surface area contributed by atoms with E-state index in [1.54, 1.807) is 11.0 Å². The molecule has 1 N–H and O–H groups in total. The number of carbonyl (C=O) groups is 3. The summed E-state index contributed by atoms with van der Waals surface area (Å²) in [4.78, 5) is 42.9. The fourth-order valence-electron chi connectivity index (χ4n) is 4.04. The number of hydrogen-bond donors (Lipinski definition) is 1. The maximum atomic E-state index is 12.9. The first-order valence-corrected chi connectivity index (χ1v) is 10.6. The van der Waals surface area contributed by atoms with Gasteiger partial charge in [0.05, 0.1) is 5.69 Å². The van der Waals surface area contributed by atoms with E-state index in [-0.39, 0.29) is 18.2 Å². The number of aromatic nitrogens is 2. The smallest absolute Gasteiger partial charge is 0.255 e. The molecule has 3 amide bonds. The van der Waals surface area contributed by atoms with Crippen molar-refractivity contribution in [1.82, 2.24) is 19.8 Å². The molecule has 7 heteroatoms. The molecular weight excluding hydrogens is 404 g/mol. The van der Waals surface area contributed by atoms with Gasteiger partial charge in [0, 0.05) is 42.9 Å². The number of hydrogen-bond acceptors (Lipinski definition) is 4. The Morgan fingerprint density at radius 1 is 1.25 bits per heavy atom. The van der Waals surface area contributed by atoms with E-state index < -0.39 is 11.9 Å². The molecule has 164 valence electrons. The second-order valence-electron chi connectivity index (χ2n) is 8.22. The van der Waals surface area contributed by atoms with Crippen LogP contribution in [0.5, 0.6) is 0 Å². The van der Waals surface area contributed by atoms with Crippen molar-refractivity contribution in [2.24, 2.45) is 7.05 Å². The van der Waals surface area contributed by atoms with Crippen LogP contribution in [0.3, 0.4) is 0 Å². The SMILES string of the molecule is C=C(/C=C\C(C)=C/C)c1nc(-c2ccc3c(c2)CN(C2CCC(=O)NC2=O)C3=O)cn1C. The molecule has 32 heavy (non-hydrogen) atoms. The summed E-state index contributed by atoms with van der Waals surface area (Å²) in [6, 6.07) is 5.00. The second-order valence-corrected chi connectivity index (χ2v) is 8.22. The molecule has 2 aromatic rings. The van der Waals surface area contributed by atoms with Crippen LogP contribution in [0.15, 0.2) is 54.8 Å². The maximum absolute atomic E-state index is 12.9. The Morgan fingerprint density at radius 2 is 2.03 bits per heavy atom. The molecule has 0 bridgehead atoms. The number of benzene rings is 1. The highest BCUT2D eigenvalue weighted by atomic mass is 16.2. The topological polar surface area (TPSA) is 84.3 Å². The predicted octanol–water partition coefficient (Wildman–Crippen LogP) is 3.38. The lowest BCUT2D eigenvalue weighted by Crippen LogP contribution is -2.52. The van der Waals surface area contributed by atoms with Gasteiger partial charge in [0.15, 0.2) is 0 Å². The van der Waals surface area contributed by atoms with Crippen molar-refractivity contribution < 1.29 is 14.4 Å². The zero-order valence-electron chi connectivity index (χ0n) is 18.5. The third-order valence-electron chi connectivity index (χ3n) is 5.99. The van der Waals surface area contributed by atoms with Gasteiger partial charge in [-0.05, 0) is 38.0 Å². The number of piperidine rings is 1. The average Bonchev–Trinajstić information content (AvgIpc) is 3.31. The highest BCUT2D eigenvalue weighted by Gasteiger charge is 2.39. The van der Waals surface area contributed by atoms with Gasteiger partial charge in [0.2, 0.25) is 11.8 Å². The van der Waals surface area contributed by atoms with E-state index in [9.17, 15) is 14.4 Å². The van der Waals surface area contributed by atoms with E-state index in [1.807, 2.05) is 62.0 Å². The third-order valence-corrected chi connectivity index (χ3v) is 5.99. The predicted molar refractivity (Wildman–Crippen MR) is 122 cm³/mol. The van der Waals surface area contributed by atoms with Crippen LogP contribution in [0, 0.1) is 0 Å². The molecule has 1 unspecified atom stereocenters. The largest absolute Gasteiger partial charge is 0.333 e. The first-order chi connectivity index (χ1) is 15.3. The number of imide groups is 1. The molecule has 1 aromatic carbocycles. The van der Waals surface area contributed by atoms with Crippen molar-refractivity contribution in [2.45, 2.75) is 39.3 Å². The van der Waals surface area contributed by atoms with Gasteiger partial charge in [-0.2, -0.15) is 0 Å². The Labute approximate surface area is 187 Å². The quantitative estimate of drug-likeness (QED) is 0.582. The van der Waals surface area contributed by atoms with Crippen molar-refractivity contribution in [2.75, 3.05) is 0 Å². The molecule has 0 saturated carbocycles. The van der Waals surface area contributed by atoms with Gasteiger partial charge in [-0.25, -0.2) is 4.98 Å². The minimum Gasteiger partial charge on any atom is -0.333 e. The van der Waals surface area contributed by atoms with Gasteiger partial charge < -0.3 is 9.47 Å². The monoisotopic (exact) mass is 430 g/mol. The van der Waals surface area contributed by atoms with E-state index in [4.69, 9.17) is 4.98 Å². The molecule has 1 aromatic heterocycles. The summed E-state index contributed by atoms with van der Waals surface area (Å²) in [7, 11) is 1.93. The summed E-state index contributed by atoms with van der Waals surface area (Å²) >= 11 is 0.